The van der Waals surface area contributed by atoms with Crippen LogP contribution in [0.1, 0.15) is 6.92 Å². The van der Waals surface area contributed by atoms with E-state index in [1.165, 1.54) is 0 Å². The molecule has 0 saturated heterocycles. The first kappa shape index (κ1) is 14.0. The Hall–Kier alpha value is -0.0000000000000000555. The molecule has 14 heavy (non-hydrogen) atoms. The fourth-order valence-corrected chi connectivity index (χ4v) is 0.844. The van der Waals surface area contributed by atoms with Crippen molar-refractivity contribution in [2.45, 2.75) is 13.1 Å². The Morgan fingerprint density at radius 1 is 1.43 bits per heavy atom. The third-order valence-electron chi connectivity index (χ3n) is 1.45. The lowest BCUT2D eigenvalue weighted by Crippen LogP contribution is -2.27. The van der Waals surface area contributed by atoms with E-state index in [-0.39, 0.29) is 6.61 Å². The summed E-state index contributed by atoms with van der Waals surface area (Å²) in [6.45, 7) is 1.95. The van der Waals surface area contributed by atoms with E-state index in [2.05, 4.69) is 10.1 Å². The fourth-order valence-electron chi connectivity index (χ4n) is 0.735. The molecule has 1 unspecified atom stereocenters. The van der Waals surface area contributed by atoms with Gasteiger partial charge in [-0.05, 0) is 12.5 Å². The van der Waals surface area contributed by atoms with Gasteiger partial charge in [-0.2, -0.15) is 13.2 Å². The van der Waals surface area contributed by atoms with Crippen molar-refractivity contribution in [3.05, 3.63) is 0 Å². The van der Waals surface area contributed by atoms with Crippen LogP contribution in [0, 0.1) is 5.92 Å². The van der Waals surface area contributed by atoms with E-state index < -0.39 is 12.8 Å². The molecule has 0 spiro atoms. The Morgan fingerprint density at radius 2 is 2.07 bits per heavy atom. The van der Waals surface area contributed by atoms with Crippen molar-refractivity contribution < 1.29 is 17.9 Å². The summed E-state index contributed by atoms with van der Waals surface area (Å²) in [5, 5.41) is 2.95. The molecule has 0 fully saturated rings. The number of hydrogen-bond acceptors (Lipinski definition) is 2. The molecule has 86 valence electrons. The lowest BCUT2D eigenvalue weighted by atomic mass is 10.2. The van der Waals surface area contributed by atoms with Gasteiger partial charge in [0.15, 0.2) is 0 Å². The molecule has 0 amide bonds. The van der Waals surface area contributed by atoms with Crippen molar-refractivity contribution in [1.29, 1.82) is 0 Å². The van der Waals surface area contributed by atoms with Crippen LogP contribution >= 0.6 is 11.6 Å². The van der Waals surface area contributed by atoms with Crippen LogP contribution in [0.2, 0.25) is 0 Å². The maximum atomic E-state index is 11.6. The van der Waals surface area contributed by atoms with Crippen LogP contribution < -0.4 is 5.32 Å². The van der Waals surface area contributed by atoms with Gasteiger partial charge in [0, 0.05) is 12.4 Å². The molecule has 0 heterocycles. The summed E-state index contributed by atoms with van der Waals surface area (Å²) in [6, 6.07) is 0. The lowest BCUT2D eigenvalue weighted by Gasteiger charge is -2.10. The van der Waals surface area contributed by atoms with Crippen LogP contribution in [0.4, 0.5) is 13.2 Å². The van der Waals surface area contributed by atoms with Crippen LogP contribution in [0.5, 0.6) is 0 Å². The first-order chi connectivity index (χ1) is 6.45. The van der Waals surface area contributed by atoms with Crippen molar-refractivity contribution in [2.24, 2.45) is 5.92 Å². The third kappa shape index (κ3) is 10.1. The Labute approximate surface area is 86.8 Å². The summed E-state index contributed by atoms with van der Waals surface area (Å²) in [4.78, 5) is 0. The highest BCUT2D eigenvalue weighted by atomic mass is 35.5. The van der Waals surface area contributed by atoms with Crippen molar-refractivity contribution in [3.63, 3.8) is 0 Å². The number of nitrogens with one attached hydrogen (secondary N) is 1. The third-order valence-corrected chi connectivity index (χ3v) is 1.97. The van der Waals surface area contributed by atoms with E-state index in [9.17, 15) is 13.2 Å². The highest BCUT2D eigenvalue weighted by molar-refractivity contribution is 6.18. The predicted octanol–water partition coefficient (Wildman–Crippen LogP) is 2.03. The number of halogens is 4. The van der Waals surface area contributed by atoms with Crippen LogP contribution in [0.15, 0.2) is 0 Å². The Bertz CT molecular complexity index is 143. The molecule has 0 aliphatic rings. The summed E-state index contributed by atoms with van der Waals surface area (Å²) in [6.07, 6.45) is -4.23. The highest BCUT2D eigenvalue weighted by Gasteiger charge is 2.27. The molecule has 0 aliphatic heterocycles. The van der Waals surface area contributed by atoms with Crippen LogP contribution in [0.3, 0.4) is 0 Å². The highest BCUT2D eigenvalue weighted by Crippen LogP contribution is 2.13. The van der Waals surface area contributed by atoms with E-state index >= 15 is 0 Å². The summed E-state index contributed by atoms with van der Waals surface area (Å²) in [5.74, 6) is 0.857. The zero-order valence-electron chi connectivity index (χ0n) is 8.03. The fraction of sp³-hybridized carbons (Fsp3) is 1.00. The monoisotopic (exact) mass is 233 g/mol. The van der Waals surface area contributed by atoms with Gasteiger partial charge in [0.1, 0.15) is 6.61 Å². The Balaban J connectivity index is 3.14. The van der Waals surface area contributed by atoms with Gasteiger partial charge in [0.05, 0.1) is 6.61 Å². The molecule has 0 aliphatic carbocycles. The van der Waals surface area contributed by atoms with Crippen molar-refractivity contribution >= 4 is 11.6 Å². The second-order valence-electron chi connectivity index (χ2n) is 3.13. The molecule has 0 saturated carbocycles. The average molecular weight is 234 g/mol. The minimum absolute atomic E-state index is 0.0640. The maximum absolute atomic E-state index is 11.6. The quantitative estimate of drug-likeness (QED) is 0.537. The minimum atomic E-state index is -4.23. The molecule has 2 nitrogen and oxygen atoms in total. The summed E-state index contributed by atoms with van der Waals surface area (Å²) in [7, 11) is 0. The van der Waals surface area contributed by atoms with Gasteiger partial charge in [-0.25, -0.2) is 0 Å². The van der Waals surface area contributed by atoms with E-state index in [1.54, 1.807) is 0 Å². The standard InChI is InChI=1S/C8H15ClF3NO/c1-7(4-9)5-13-2-3-14-6-8(10,11)12/h7,13H,2-6H2,1H3. The van der Waals surface area contributed by atoms with Gasteiger partial charge in [-0.15, -0.1) is 11.6 Å². The zero-order valence-corrected chi connectivity index (χ0v) is 8.79. The number of ether oxygens (including phenoxy) is 1. The lowest BCUT2D eigenvalue weighted by molar-refractivity contribution is -0.173. The van der Waals surface area contributed by atoms with Gasteiger partial charge >= 0.3 is 6.18 Å². The molecule has 0 aromatic rings. The molecule has 0 rings (SSSR count). The number of hydrogen-bond donors (Lipinski definition) is 1. The van der Waals surface area contributed by atoms with E-state index in [4.69, 9.17) is 11.6 Å². The number of alkyl halides is 4. The molecule has 0 bridgehead atoms. The average Bonchev–Trinajstić information content (AvgIpc) is 2.08. The largest absolute Gasteiger partial charge is 0.411 e. The molecule has 1 atom stereocenters. The van der Waals surface area contributed by atoms with Gasteiger partial charge < -0.3 is 10.1 Å². The minimum Gasteiger partial charge on any atom is -0.371 e. The predicted molar refractivity (Wildman–Crippen MR) is 49.6 cm³/mol. The van der Waals surface area contributed by atoms with E-state index in [1.807, 2.05) is 6.92 Å². The first-order valence-corrected chi connectivity index (χ1v) is 4.90. The smallest absolute Gasteiger partial charge is 0.371 e. The van der Waals surface area contributed by atoms with Gasteiger partial charge in [-0.1, -0.05) is 6.92 Å². The maximum Gasteiger partial charge on any atom is 0.411 e. The van der Waals surface area contributed by atoms with Gasteiger partial charge in [-0.3, -0.25) is 0 Å². The topological polar surface area (TPSA) is 21.3 Å². The van der Waals surface area contributed by atoms with Crippen LogP contribution in [-0.4, -0.2) is 38.4 Å². The zero-order chi connectivity index (χ0) is 11.0. The molecule has 1 N–H and O–H groups in total. The molecule has 0 aromatic carbocycles. The number of rotatable bonds is 7. The van der Waals surface area contributed by atoms with Gasteiger partial charge in [0.25, 0.3) is 0 Å². The van der Waals surface area contributed by atoms with Crippen molar-refractivity contribution in [1.82, 2.24) is 5.32 Å². The normalized spacial score (nSPS) is 14.4. The van der Waals surface area contributed by atoms with Crippen molar-refractivity contribution in [3.8, 4) is 0 Å². The Kier molecular flexibility index (Phi) is 7.31. The molecular weight excluding hydrogens is 219 g/mol. The summed E-state index contributed by atoms with van der Waals surface area (Å²) < 4.78 is 39.1. The van der Waals surface area contributed by atoms with Gasteiger partial charge in [0.2, 0.25) is 0 Å². The molecular formula is C8H15ClF3NO. The molecule has 0 radical (unpaired) electrons. The molecule has 6 heteroatoms. The van der Waals surface area contributed by atoms with E-state index in [0.717, 1.165) is 0 Å². The first-order valence-electron chi connectivity index (χ1n) is 4.37. The summed E-state index contributed by atoms with van der Waals surface area (Å²) >= 11 is 5.53. The SMILES string of the molecule is CC(CCl)CNCCOCC(F)(F)F. The molecule has 0 aromatic heterocycles. The van der Waals surface area contributed by atoms with E-state index in [0.29, 0.717) is 24.9 Å². The second-order valence-corrected chi connectivity index (χ2v) is 3.44. The van der Waals surface area contributed by atoms with Crippen LogP contribution in [0.25, 0.3) is 0 Å². The second kappa shape index (κ2) is 7.31. The summed E-state index contributed by atoms with van der Waals surface area (Å²) in [5.41, 5.74) is 0. The van der Waals surface area contributed by atoms with Crippen molar-refractivity contribution in [2.75, 3.05) is 32.2 Å². The van der Waals surface area contributed by atoms with Crippen LogP contribution in [-0.2, 0) is 4.74 Å². The Morgan fingerprint density at radius 3 is 2.57 bits per heavy atom.